The van der Waals surface area contributed by atoms with Crippen LogP contribution in [-0.2, 0) is 0 Å². The maximum Gasteiger partial charge on any atom is 0.230 e. The lowest BCUT2D eigenvalue weighted by Gasteiger charge is -2.05. The number of benzene rings is 2. The summed E-state index contributed by atoms with van der Waals surface area (Å²) in [4.78, 5) is 12.5. The predicted octanol–water partition coefficient (Wildman–Crippen LogP) is 0.637. The lowest BCUT2D eigenvalue weighted by molar-refractivity contribution is -0.675. The Hall–Kier alpha value is -1.52. The van der Waals surface area contributed by atoms with Crippen LogP contribution in [0.25, 0.3) is 10.2 Å². The number of rotatable bonds is 3. The van der Waals surface area contributed by atoms with Crippen molar-refractivity contribution in [1.29, 1.82) is 0 Å². The number of hydrogen-bond acceptors (Lipinski definition) is 2. The van der Waals surface area contributed by atoms with E-state index in [1.165, 1.54) is 4.70 Å². The van der Waals surface area contributed by atoms with Crippen LogP contribution in [0, 0.1) is 0 Å². The Morgan fingerprint density at radius 2 is 1.70 bits per heavy atom. The number of hydrogen-bond donors (Lipinski definition) is 0. The quantitative estimate of drug-likeness (QED) is 0.503. The van der Waals surface area contributed by atoms with Crippen molar-refractivity contribution in [2.24, 2.45) is 0 Å². The largest absolute Gasteiger partial charge is 1.00 e. The molecule has 0 aliphatic heterocycles. The average molecular weight is 348 g/mol. The minimum Gasteiger partial charge on any atom is -1.00 e. The molecular formula is C16H14BrNOS. The Bertz CT molecular complexity index is 723. The molecule has 0 saturated heterocycles. The van der Waals surface area contributed by atoms with E-state index in [1.807, 2.05) is 54.9 Å². The second-order valence-electron chi connectivity index (χ2n) is 4.50. The first-order valence-corrected chi connectivity index (χ1v) is 7.12. The molecule has 0 bridgehead atoms. The zero-order valence-electron chi connectivity index (χ0n) is 11.0. The summed E-state index contributed by atoms with van der Waals surface area (Å²) >= 11 is 1.67. The summed E-state index contributed by atoms with van der Waals surface area (Å²) in [6, 6.07) is 17.4. The minimum atomic E-state index is -0.182. The molecule has 102 valence electrons. The number of ketones is 1. The maximum absolute atomic E-state index is 12.5. The molecule has 0 N–H and O–H groups in total. The number of nitrogens with zero attached hydrogens (tertiary/aromatic N) is 1. The highest BCUT2D eigenvalue weighted by Crippen LogP contribution is 2.18. The number of carbonyl (C=O) groups is 1. The molecule has 0 saturated carbocycles. The average Bonchev–Trinajstić information content (AvgIpc) is 2.90. The number of halogens is 1. The predicted molar refractivity (Wildman–Crippen MR) is 77.5 cm³/mol. The van der Waals surface area contributed by atoms with E-state index in [-0.39, 0.29) is 28.8 Å². The number of aromatic nitrogens is 1. The normalized spacial score (nSPS) is 11.8. The van der Waals surface area contributed by atoms with Crippen LogP contribution in [0.3, 0.4) is 0 Å². The van der Waals surface area contributed by atoms with E-state index in [2.05, 4.69) is 16.7 Å². The van der Waals surface area contributed by atoms with Gasteiger partial charge < -0.3 is 17.0 Å². The summed E-state index contributed by atoms with van der Waals surface area (Å²) in [5.74, 6) is 0.147. The highest BCUT2D eigenvalue weighted by atomic mass is 79.9. The molecule has 0 amide bonds. The van der Waals surface area contributed by atoms with Crippen molar-refractivity contribution in [3.05, 3.63) is 65.7 Å². The van der Waals surface area contributed by atoms with Crippen molar-refractivity contribution in [2.45, 2.75) is 13.0 Å². The molecule has 2 aromatic carbocycles. The zero-order valence-corrected chi connectivity index (χ0v) is 13.4. The lowest BCUT2D eigenvalue weighted by atomic mass is 10.1. The lowest BCUT2D eigenvalue weighted by Crippen LogP contribution is -3.00. The van der Waals surface area contributed by atoms with Gasteiger partial charge in [0.1, 0.15) is 4.70 Å². The van der Waals surface area contributed by atoms with Crippen LogP contribution in [0.4, 0.5) is 0 Å². The van der Waals surface area contributed by atoms with Crippen molar-refractivity contribution < 1.29 is 26.3 Å². The maximum atomic E-state index is 12.5. The van der Waals surface area contributed by atoms with Gasteiger partial charge in [-0.05, 0) is 6.07 Å². The van der Waals surface area contributed by atoms with E-state index in [9.17, 15) is 4.79 Å². The van der Waals surface area contributed by atoms with Crippen molar-refractivity contribution in [3.63, 3.8) is 0 Å². The Labute approximate surface area is 132 Å². The highest BCUT2D eigenvalue weighted by molar-refractivity contribution is 7.16. The number of thiazole rings is 1. The van der Waals surface area contributed by atoms with Crippen LogP contribution >= 0.6 is 11.3 Å². The smallest absolute Gasteiger partial charge is 0.230 e. The van der Waals surface area contributed by atoms with Gasteiger partial charge in [-0.25, -0.2) is 0 Å². The standard InChI is InChI=1S/C16H14NOS.BrH/c1-12(16(18)13-7-3-2-4-8-13)17-11-19-15-10-6-5-9-14(15)17;/h2-12H,1H3;1H/q+1;/p-1. The summed E-state index contributed by atoms with van der Waals surface area (Å²) < 4.78 is 3.25. The van der Waals surface area contributed by atoms with Crippen LogP contribution in [0.1, 0.15) is 23.3 Å². The third-order valence-corrected chi connectivity index (χ3v) is 4.22. The monoisotopic (exact) mass is 347 g/mol. The third-order valence-electron chi connectivity index (χ3n) is 3.29. The molecule has 0 aliphatic rings. The second-order valence-corrected chi connectivity index (χ2v) is 5.39. The van der Waals surface area contributed by atoms with E-state index in [1.54, 1.807) is 11.3 Å². The van der Waals surface area contributed by atoms with Gasteiger partial charge in [-0.2, -0.15) is 4.57 Å². The fraction of sp³-hybridized carbons (Fsp3) is 0.125. The Morgan fingerprint density at radius 1 is 1.05 bits per heavy atom. The molecule has 1 atom stereocenters. The first-order valence-electron chi connectivity index (χ1n) is 6.24. The molecule has 3 aromatic rings. The molecule has 0 aliphatic carbocycles. The molecule has 0 radical (unpaired) electrons. The van der Waals surface area contributed by atoms with Gasteiger partial charge in [0.05, 0.1) is 0 Å². The van der Waals surface area contributed by atoms with Crippen molar-refractivity contribution in [3.8, 4) is 0 Å². The number of para-hydroxylation sites is 1. The molecular weight excluding hydrogens is 334 g/mol. The zero-order chi connectivity index (χ0) is 13.2. The van der Waals surface area contributed by atoms with E-state index in [0.29, 0.717) is 0 Å². The van der Waals surface area contributed by atoms with Crippen molar-refractivity contribution in [1.82, 2.24) is 0 Å². The first-order chi connectivity index (χ1) is 9.27. The molecule has 4 heteroatoms. The van der Waals surface area contributed by atoms with E-state index in [0.717, 1.165) is 11.1 Å². The van der Waals surface area contributed by atoms with Gasteiger partial charge in [-0.1, -0.05) is 53.8 Å². The molecule has 1 heterocycles. The van der Waals surface area contributed by atoms with Gasteiger partial charge in [0, 0.05) is 18.6 Å². The molecule has 1 unspecified atom stereocenters. The summed E-state index contributed by atoms with van der Waals surface area (Å²) in [5.41, 5.74) is 3.90. The SMILES string of the molecule is CC(C(=O)c1ccccc1)[n+]1csc2ccccc21.[Br-]. The van der Waals surface area contributed by atoms with Crippen molar-refractivity contribution >= 4 is 27.3 Å². The first kappa shape index (κ1) is 14.9. The molecule has 20 heavy (non-hydrogen) atoms. The molecule has 3 rings (SSSR count). The van der Waals surface area contributed by atoms with Crippen LogP contribution < -0.4 is 21.5 Å². The van der Waals surface area contributed by atoms with Crippen LogP contribution in [0.5, 0.6) is 0 Å². The van der Waals surface area contributed by atoms with Gasteiger partial charge in [-0.15, -0.1) is 0 Å². The van der Waals surface area contributed by atoms with Gasteiger partial charge in [0.15, 0.2) is 0 Å². The Morgan fingerprint density at radius 3 is 2.45 bits per heavy atom. The Kier molecular flexibility index (Phi) is 4.68. The second kappa shape index (κ2) is 6.29. The fourth-order valence-electron chi connectivity index (χ4n) is 2.21. The summed E-state index contributed by atoms with van der Waals surface area (Å²) in [6.07, 6.45) is 0. The Balaban J connectivity index is 0.00000147. The molecule has 2 nitrogen and oxygen atoms in total. The van der Waals surface area contributed by atoms with E-state index < -0.39 is 0 Å². The molecule has 0 fully saturated rings. The fourth-order valence-corrected chi connectivity index (χ4v) is 3.18. The minimum absolute atomic E-state index is 0. The summed E-state index contributed by atoms with van der Waals surface area (Å²) in [6.45, 7) is 1.95. The highest BCUT2D eigenvalue weighted by Gasteiger charge is 2.26. The number of fused-ring (bicyclic) bond motifs is 1. The van der Waals surface area contributed by atoms with Gasteiger partial charge in [0.2, 0.25) is 22.9 Å². The van der Waals surface area contributed by atoms with Crippen molar-refractivity contribution in [2.75, 3.05) is 0 Å². The van der Waals surface area contributed by atoms with Gasteiger partial charge >= 0.3 is 0 Å². The third kappa shape index (κ3) is 2.67. The van der Waals surface area contributed by atoms with Crippen LogP contribution in [0.15, 0.2) is 60.1 Å². The summed E-state index contributed by atoms with van der Waals surface area (Å²) in [5, 5.41) is 0. The van der Waals surface area contributed by atoms with Crippen LogP contribution in [-0.4, -0.2) is 5.78 Å². The van der Waals surface area contributed by atoms with E-state index in [4.69, 9.17) is 0 Å². The topological polar surface area (TPSA) is 20.9 Å². The summed E-state index contributed by atoms with van der Waals surface area (Å²) in [7, 11) is 0. The molecule has 0 spiro atoms. The van der Waals surface area contributed by atoms with Gasteiger partial charge in [0.25, 0.3) is 0 Å². The molecule has 1 aromatic heterocycles. The van der Waals surface area contributed by atoms with Gasteiger partial charge in [-0.3, -0.25) is 4.79 Å². The number of carbonyl (C=O) groups excluding carboxylic acids is 1. The number of Topliss-reactive ketones (excluding diaryl/α,β-unsaturated/α-hetero) is 1. The van der Waals surface area contributed by atoms with Crippen LogP contribution in [0.2, 0.25) is 0 Å². The van der Waals surface area contributed by atoms with E-state index >= 15 is 0 Å².